The summed E-state index contributed by atoms with van der Waals surface area (Å²) in [5.74, 6) is -0.662. The lowest BCUT2D eigenvalue weighted by atomic mass is 9.80. The van der Waals surface area contributed by atoms with Gasteiger partial charge in [-0.2, -0.15) is 0 Å². The summed E-state index contributed by atoms with van der Waals surface area (Å²) in [6.45, 7) is 0. The third-order valence-electron chi connectivity index (χ3n) is 3.56. The average molecular weight is 315 g/mol. The molecule has 1 aliphatic carbocycles. The van der Waals surface area contributed by atoms with Gasteiger partial charge in [0.05, 0.1) is 0 Å². The molecule has 0 unspecified atom stereocenters. The van der Waals surface area contributed by atoms with Crippen LogP contribution in [0.3, 0.4) is 0 Å². The Bertz CT molecular complexity index is 453. The van der Waals surface area contributed by atoms with E-state index in [0.717, 1.165) is 23.7 Å². The van der Waals surface area contributed by atoms with Crippen LogP contribution in [-0.4, -0.2) is 16.5 Å². The van der Waals surface area contributed by atoms with Crippen molar-refractivity contribution < 1.29 is 14.3 Å². The molecule has 0 saturated heterocycles. The number of ketones is 1. The molecule has 0 radical (unpaired) electrons. The fraction of sp³-hybridized carbons (Fsp3) is 0.500. The van der Waals surface area contributed by atoms with Gasteiger partial charge in [-0.1, -0.05) is 35.2 Å². The molecule has 0 aromatic heterocycles. The molecule has 1 aliphatic rings. The van der Waals surface area contributed by atoms with Gasteiger partial charge in [0.2, 0.25) is 0 Å². The first kappa shape index (κ1) is 13.7. The van der Waals surface area contributed by atoms with E-state index in [9.17, 15) is 14.3 Å². The zero-order valence-corrected chi connectivity index (χ0v) is 11.7. The first-order valence-electron chi connectivity index (χ1n) is 6.21. The predicted molar refractivity (Wildman–Crippen MR) is 70.8 cm³/mol. The number of hydrogen-bond donors (Lipinski definition) is 1. The van der Waals surface area contributed by atoms with Crippen LogP contribution in [0, 0.1) is 5.82 Å². The second-order valence-corrected chi connectivity index (χ2v) is 5.84. The monoisotopic (exact) mass is 314 g/mol. The fourth-order valence-electron chi connectivity index (χ4n) is 2.43. The third-order valence-corrected chi connectivity index (χ3v) is 4.05. The van der Waals surface area contributed by atoms with Crippen LogP contribution in [0.5, 0.6) is 0 Å². The summed E-state index contributed by atoms with van der Waals surface area (Å²) in [5.41, 5.74) is -0.902. The van der Waals surface area contributed by atoms with Gasteiger partial charge in [-0.05, 0) is 36.6 Å². The number of hydrogen-bond acceptors (Lipinski definition) is 2. The van der Waals surface area contributed by atoms with E-state index in [-0.39, 0.29) is 12.2 Å². The molecule has 1 saturated carbocycles. The Morgan fingerprint density at radius 2 is 2.00 bits per heavy atom. The van der Waals surface area contributed by atoms with Crippen LogP contribution in [0.15, 0.2) is 22.7 Å². The van der Waals surface area contributed by atoms with Crippen molar-refractivity contribution in [1.29, 1.82) is 0 Å². The molecule has 1 aromatic rings. The highest BCUT2D eigenvalue weighted by molar-refractivity contribution is 9.10. The van der Waals surface area contributed by atoms with Gasteiger partial charge in [-0.15, -0.1) is 0 Å². The van der Waals surface area contributed by atoms with Crippen LogP contribution >= 0.6 is 15.9 Å². The van der Waals surface area contributed by atoms with Gasteiger partial charge >= 0.3 is 0 Å². The van der Waals surface area contributed by atoms with Crippen molar-refractivity contribution in [3.05, 3.63) is 34.1 Å². The minimum Gasteiger partial charge on any atom is -0.382 e. The Kier molecular flexibility index (Phi) is 4.17. The van der Waals surface area contributed by atoms with Gasteiger partial charge in [-0.3, -0.25) is 4.79 Å². The lowest BCUT2D eigenvalue weighted by Gasteiger charge is -2.30. The number of carbonyl (C=O) groups excluding carboxylic acids is 1. The molecule has 2 nitrogen and oxygen atoms in total. The molecule has 1 aromatic carbocycles. The van der Waals surface area contributed by atoms with Crippen LogP contribution in [0.1, 0.15) is 37.7 Å². The smallest absolute Gasteiger partial charge is 0.168 e. The van der Waals surface area contributed by atoms with Gasteiger partial charge in [0.25, 0.3) is 0 Å². The van der Waals surface area contributed by atoms with Crippen LogP contribution in [0.25, 0.3) is 0 Å². The molecule has 98 valence electrons. The van der Waals surface area contributed by atoms with Crippen molar-refractivity contribution >= 4 is 21.7 Å². The first-order valence-corrected chi connectivity index (χ1v) is 7.00. The summed E-state index contributed by atoms with van der Waals surface area (Å²) in [7, 11) is 0. The van der Waals surface area contributed by atoms with Crippen LogP contribution in [0.4, 0.5) is 4.39 Å². The first-order chi connectivity index (χ1) is 8.51. The van der Waals surface area contributed by atoms with Gasteiger partial charge in [0.1, 0.15) is 11.4 Å². The molecule has 1 fully saturated rings. The lowest BCUT2D eigenvalue weighted by Crippen LogP contribution is -2.41. The highest BCUT2D eigenvalue weighted by Crippen LogP contribution is 2.30. The molecule has 0 heterocycles. The van der Waals surface area contributed by atoms with E-state index >= 15 is 0 Å². The van der Waals surface area contributed by atoms with E-state index in [2.05, 4.69) is 15.9 Å². The molecule has 0 amide bonds. The summed E-state index contributed by atoms with van der Waals surface area (Å²) < 4.78 is 14.3. The largest absolute Gasteiger partial charge is 0.382 e. The summed E-state index contributed by atoms with van der Waals surface area (Å²) >= 11 is 3.26. The van der Waals surface area contributed by atoms with E-state index in [1.54, 1.807) is 12.1 Å². The molecular formula is C14H16BrFO2. The van der Waals surface area contributed by atoms with Crippen molar-refractivity contribution in [3.8, 4) is 0 Å². The molecular weight excluding hydrogens is 299 g/mol. The van der Waals surface area contributed by atoms with Crippen molar-refractivity contribution in [2.45, 2.75) is 44.1 Å². The molecule has 0 atom stereocenters. The predicted octanol–water partition coefficient (Wildman–Crippen LogP) is 3.40. The summed E-state index contributed by atoms with van der Waals surface area (Å²) in [6.07, 6.45) is 3.75. The molecule has 4 heteroatoms. The van der Waals surface area contributed by atoms with Crippen molar-refractivity contribution in [2.75, 3.05) is 0 Å². The summed E-state index contributed by atoms with van der Waals surface area (Å²) in [4.78, 5) is 12.1. The average Bonchev–Trinajstić information content (AvgIpc) is 2.35. The molecule has 2 rings (SSSR count). The zero-order valence-electron chi connectivity index (χ0n) is 10.1. The maximum atomic E-state index is 13.6. The van der Waals surface area contributed by atoms with Gasteiger partial charge in [-0.25, -0.2) is 4.39 Å². The normalized spacial score (nSPS) is 18.6. The second kappa shape index (κ2) is 5.49. The second-order valence-electron chi connectivity index (χ2n) is 4.93. The van der Waals surface area contributed by atoms with Crippen LogP contribution in [-0.2, 0) is 11.2 Å². The van der Waals surface area contributed by atoms with E-state index in [4.69, 9.17) is 0 Å². The number of aliphatic hydroxyl groups is 1. The Balaban J connectivity index is 2.13. The highest BCUT2D eigenvalue weighted by atomic mass is 79.9. The van der Waals surface area contributed by atoms with E-state index < -0.39 is 11.4 Å². The maximum Gasteiger partial charge on any atom is 0.168 e. The van der Waals surface area contributed by atoms with E-state index in [1.165, 1.54) is 6.07 Å². The molecule has 0 bridgehead atoms. The Labute approximate surface area is 114 Å². The van der Waals surface area contributed by atoms with Gasteiger partial charge < -0.3 is 5.11 Å². The fourth-order valence-corrected chi connectivity index (χ4v) is 2.84. The number of halogens is 2. The Morgan fingerprint density at radius 3 is 2.67 bits per heavy atom. The standard InChI is InChI=1S/C14H16BrFO2/c15-11-4-5-12(16)10(8-11)9-13(17)14(18)6-2-1-3-7-14/h4-5,8,18H,1-3,6-7,9H2. The minimum absolute atomic E-state index is 0.0399. The van der Waals surface area contributed by atoms with Crippen molar-refractivity contribution in [2.24, 2.45) is 0 Å². The van der Waals surface area contributed by atoms with E-state index in [0.29, 0.717) is 18.4 Å². The Morgan fingerprint density at radius 1 is 1.33 bits per heavy atom. The van der Waals surface area contributed by atoms with Gasteiger partial charge in [0, 0.05) is 10.9 Å². The molecule has 0 spiro atoms. The number of carbonyl (C=O) groups is 1. The van der Waals surface area contributed by atoms with Crippen molar-refractivity contribution in [3.63, 3.8) is 0 Å². The lowest BCUT2D eigenvalue weighted by molar-refractivity contribution is -0.139. The van der Waals surface area contributed by atoms with Crippen LogP contribution < -0.4 is 0 Å². The summed E-state index contributed by atoms with van der Waals surface area (Å²) in [6, 6.07) is 4.52. The quantitative estimate of drug-likeness (QED) is 0.928. The molecule has 1 N–H and O–H groups in total. The molecule has 0 aliphatic heterocycles. The van der Waals surface area contributed by atoms with Crippen LogP contribution in [0.2, 0.25) is 0 Å². The van der Waals surface area contributed by atoms with Crippen molar-refractivity contribution in [1.82, 2.24) is 0 Å². The van der Waals surface area contributed by atoms with E-state index in [1.807, 2.05) is 0 Å². The molecule has 18 heavy (non-hydrogen) atoms. The number of rotatable bonds is 3. The summed E-state index contributed by atoms with van der Waals surface area (Å²) in [5, 5.41) is 10.3. The highest BCUT2D eigenvalue weighted by Gasteiger charge is 2.36. The SMILES string of the molecule is O=C(Cc1cc(Br)ccc1F)C1(O)CCCCC1. The number of Topliss-reactive ketones (excluding diaryl/α,β-unsaturated/α-hetero) is 1. The van der Waals surface area contributed by atoms with Gasteiger partial charge in [0.15, 0.2) is 5.78 Å². The third kappa shape index (κ3) is 2.98. The number of benzene rings is 1. The Hall–Kier alpha value is -0.740. The topological polar surface area (TPSA) is 37.3 Å². The minimum atomic E-state index is -1.24. The maximum absolute atomic E-state index is 13.6. The zero-order chi connectivity index (χ0) is 13.2.